The van der Waals surface area contributed by atoms with Crippen molar-refractivity contribution >= 4 is 0 Å². The van der Waals surface area contributed by atoms with Gasteiger partial charge in [-0.05, 0) is 0 Å². The minimum atomic E-state index is 0.660. The van der Waals surface area contributed by atoms with Gasteiger partial charge in [-0.25, -0.2) is 0 Å². The van der Waals surface area contributed by atoms with Crippen LogP contribution < -0.4 is 3.32 Å². The molecular weight excluding hydrogens is 138 g/mol. The summed E-state index contributed by atoms with van der Waals surface area (Å²) in [5.41, 5.74) is 0. The van der Waals surface area contributed by atoms with Gasteiger partial charge >= 0.3 is 59.4 Å². The van der Waals surface area contributed by atoms with E-state index in [-0.39, 0.29) is 0 Å². The van der Waals surface area contributed by atoms with Crippen LogP contribution in [0.4, 0.5) is 0 Å². The maximum absolute atomic E-state index is 4.80. The molecule has 3 heteroatoms. The van der Waals surface area contributed by atoms with E-state index in [4.69, 9.17) is 3.32 Å². The normalized spacial score (nSPS) is 8.38. The van der Waals surface area contributed by atoms with E-state index in [9.17, 15) is 0 Å². The second-order valence-corrected chi connectivity index (χ2v) is 1.59. The van der Waals surface area contributed by atoms with Crippen LogP contribution in [0.1, 0.15) is 0 Å². The van der Waals surface area contributed by atoms with Crippen LogP contribution in [0.2, 0.25) is 0 Å². The van der Waals surface area contributed by atoms with Gasteiger partial charge in [0.2, 0.25) is 0 Å². The van der Waals surface area contributed by atoms with Gasteiger partial charge in [0.1, 0.15) is 0 Å². The number of rotatable bonds is 1. The van der Waals surface area contributed by atoms with Crippen LogP contribution in [-0.4, -0.2) is 4.98 Å². The molecule has 39 valence electrons. The zero-order valence-corrected chi connectivity index (χ0v) is 5.73. The van der Waals surface area contributed by atoms with Crippen LogP contribution in [0, 0.1) is 0 Å². The Labute approximate surface area is 59.8 Å². The van der Waals surface area contributed by atoms with Crippen molar-refractivity contribution in [3.8, 4) is 5.88 Å². The van der Waals surface area contributed by atoms with Crippen molar-refractivity contribution < 1.29 is 24.1 Å². The molecule has 1 aromatic heterocycles. The summed E-state index contributed by atoms with van der Waals surface area (Å²) in [7, 11) is 0. The molecule has 0 spiro atoms. The predicted octanol–water partition coefficient (Wildman–Crippen LogP) is 0.922. The second-order valence-electron chi connectivity index (χ2n) is 1.27. The second kappa shape index (κ2) is 2.85. The zero-order valence-electron chi connectivity index (χ0n) is 4.16. The van der Waals surface area contributed by atoms with E-state index >= 15 is 0 Å². The molecular formula is C5H4NOTi. The van der Waals surface area contributed by atoms with Gasteiger partial charge in [0.15, 0.2) is 0 Å². The van der Waals surface area contributed by atoms with E-state index < -0.39 is 0 Å². The first-order valence-corrected chi connectivity index (χ1v) is 2.82. The molecule has 0 fully saturated rings. The summed E-state index contributed by atoms with van der Waals surface area (Å²) in [4.78, 5) is 3.88. The molecule has 0 aromatic carbocycles. The maximum atomic E-state index is 4.80. The number of hydrogen-bond acceptors (Lipinski definition) is 2. The number of hydrogen-bond donors (Lipinski definition) is 0. The third-order valence-corrected chi connectivity index (χ3v) is 1.07. The number of aromatic nitrogens is 1. The Morgan fingerprint density at radius 3 is 2.75 bits per heavy atom. The van der Waals surface area contributed by atoms with Crippen LogP contribution in [0.3, 0.4) is 0 Å². The number of pyridine rings is 1. The monoisotopic (exact) mass is 142 g/mol. The van der Waals surface area contributed by atoms with Gasteiger partial charge in [0, 0.05) is 0 Å². The van der Waals surface area contributed by atoms with Crippen molar-refractivity contribution in [2.45, 2.75) is 0 Å². The van der Waals surface area contributed by atoms with Gasteiger partial charge in [-0.1, -0.05) is 0 Å². The molecule has 0 atom stereocenters. The van der Waals surface area contributed by atoms with Gasteiger partial charge in [0.05, 0.1) is 0 Å². The molecule has 1 rings (SSSR count). The van der Waals surface area contributed by atoms with E-state index in [0.717, 1.165) is 0 Å². The molecule has 0 aliphatic heterocycles. The fraction of sp³-hybridized carbons (Fsp3) is 0. The van der Waals surface area contributed by atoms with Crippen LogP contribution in [0.15, 0.2) is 24.4 Å². The summed E-state index contributed by atoms with van der Waals surface area (Å²) in [6.07, 6.45) is 1.69. The summed E-state index contributed by atoms with van der Waals surface area (Å²) in [6, 6.07) is 5.54. The van der Waals surface area contributed by atoms with E-state index in [1.165, 1.54) is 0 Å². The number of nitrogens with zero attached hydrogens (tertiary/aromatic N) is 1. The van der Waals surface area contributed by atoms with Gasteiger partial charge in [0.25, 0.3) is 0 Å². The Bertz CT molecular complexity index is 154. The first-order valence-electron chi connectivity index (χ1n) is 2.18. The predicted molar refractivity (Wildman–Crippen MR) is 24.9 cm³/mol. The molecule has 1 aromatic rings. The third-order valence-electron chi connectivity index (χ3n) is 0.742. The van der Waals surface area contributed by atoms with Gasteiger partial charge < -0.3 is 0 Å². The summed E-state index contributed by atoms with van der Waals surface area (Å²) in [6.45, 7) is 0. The summed E-state index contributed by atoms with van der Waals surface area (Å²) in [5.74, 6) is 0.660. The SMILES string of the molecule is [Ti][O]c1ccccn1. The molecule has 0 N–H and O–H groups in total. The summed E-state index contributed by atoms with van der Waals surface area (Å²) < 4.78 is 4.80. The summed E-state index contributed by atoms with van der Waals surface area (Å²) >= 11 is 1.60. The average molecular weight is 142 g/mol. The van der Waals surface area contributed by atoms with E-state index in [1.807, 2.05) is 12.1 Å². The van der Waals surface area contributed by atoms with Crippen molar-refractivity contribution in [3.63, 3.8) is 0 Å². The van der Waals surface area contributed by atoms with Gasteiger partial charge in [-0.3, -0.25) is 0 Å². The molecule has 0 unspecified atom stereocenters. The fourth-order valence-electron chi connectivity index (χ4n) is 0.407. The van der Waals surface area contributed by atoms with Crippen LogP contribution in [0.5, 0.6) is 5.88 Å². The Morgan fingerprint density at radius 2 is 2.38 bits per heavy atom. The Balaban J connectivity index is 2.83. The molecule has 0 saturated carbocycles. The molecule has 0 bridgehead atoms. The van der Waals surface area contributed by atoms with Crippen LogP contribution in [-0.2, 0) is 20.8 Å². The van der Waals surface area contributed by atoms with Crippen molar-refractivity contribution in [1.82, 2.24) is 4.98 Å². The Morgan fingerprint density at radius 1 is 1.50 bits per heavy atom. The van der Waals surface area contributed by atoms with E-state index in [1.54, 1.807) is 33.1 Å². The molecule has 0 amide bonds. The first kappa shape index (κ1) is 5.79. The van der Waals surface area contributed by atoms with Crippen LogP contribution in [0.25, 0.3) is 0 Å². The van der Waals surface area contributed by atoms with Gasteiger partial charge in [-0.15, -0.1) is 0 Å². The topological polar surface area (TPSA) is 22.1 Å². The van der Waals surface area contributed by atoms with E-state index in [2.05, 4.69) is 4.98 Å². The Kier molecular flexibility index (Phi) is 2.06. The van der Waals surface area contributed by atoms with Crippen molar-refractivity contribution in [1.29, 1.82) is 0 Å². The first-order chi connectivity index (χ1) is 3.93. The molecule has 0 saturated heterocycles. The van der Waals surface area contributed by atoms with Crippen molar-refractivity contribution in [2.24, 2.45) is 0 Å². The molecule has 0 aliphatic carbocycles. The standard InChI is InChI=1S/C5H5NO.Ti/c7-5-3-1-2-4-6-5;/h1-4H,(H,6,7);/q;+1/p-1. The van der Waals surface area contributed by atoms with E-state index in [0.29, 0.717) is 5.88 Å². The third kappa shape index (κ3) is 1.32. The minimum absolute atomic E-state index is 0.660. The molecule has 8 heavy (non-hydrogen) atoms. The zero-order chi connectivity index (χ0) is 5.82. The fourth-order valence-corrected chi connectivity index (χ4v) is 0.596. The quantitative estimate of drug-likeness (QED) is 0.544. The van der Waals surface area contributed by atoms with Crippen LogP contribution >= 0.6 is 0 Å². The van der Waals surface area contributed by atoms with Crippen molar-refractivity contribution in [2.75, 3.05) is 0 Å². The molecule has 0 radical (unpaired) electrons. The summed E-state index contributed by atoms with van der Waals surface area (Å²) in [5, 5.41) is 0. The van der Waals surface area contributed by atoms with Gasteiger partial charge in [-0.2, -0.15) is 0 Å². The molecule has 2 nitrogen and oxygen atoms in total. The molecule has 1 heterocycles. The average Bonchev–Trinajstić information content (AvgIpc) is 1.90. The molecule has 0 aliphatic rings. The van der Waals surface area contributed by atoms with Crippen molar-refractivity contribution in [3.05, 3.63) is 24.4 Å². The Hall–Kier alpha value is -0.336.